The van der Waals surface area contributed by atoms with Crippen molar-refractivity contribution in [1.29, 1.82) is 0 Å². The molecule has 8 N–H and O–H groups in total. The van der Waals surface area contributed by atoms with E-state index in [1.807, 2.05) is 66.7 Å². The number of hydrogen-bond acceptors (Lipinski definition) is 6. The summed E-state index contributed by atoms with van der Waals surface area (Å²) in [4.78, 5) is 57.5. The van der Waals surface area contributed by atoms with Gasteiger partial charge in [0.15, 0.2) is 5.96 Å². The molecule has 4 amide bonds. The fraction of sp³-hybridized carbons (Fsp3) is 0.425. The molecule has 1 fully saturated rings. The molecular weight excluding hydrogens is 658 g/mol. The summed E-state index contributed by atoms with van der Waals surface area (Å²) < 4.78 is 5.82. The van der Waals surface area contributed by atoms with Gasteiger partial charge in [0, 0.05) is 25.9 Å². The van der Waals surface area contributed by atoms with Gasteiger partial charge in [-0.05, 0) is 53.0 Å². The van der Waals surface area contributed by atoms with E-state index in [2.05, 4.69) is 38.4 Å². The second-order valence-corrected chi connectivity index (χ2v) is 13.7. The van der Waals surface area contributed by atoms with Gasteiger partial charge >= 0.3 is 6.09 Å². The van der Waals surface area contributed by atoms with E-state index in [0.29, 0.717) is 19.4 Å². The molecule has 0 radical (unpaired) electrons. The van der Waals surface area contributed by atoms with Gasteiger partial charge in [0.2, 0.25) is 17.7 Å². The van der Waals surface area contributed by atoms with Crippen LogP contribution in [0.15, 0.2) is 83.9 Å². The fourth-order valence-electron chi connectivity index (χ4n) is 7.26. The Bertz CT molecular complexity index is 1660. The minimum Gasteiger partial charge on any atom is -0.449 e. The van der Waals surface area contributed by atoms with Crippen molar-refractivity contribution in [2.45, 2.75) is 81.8 Å². The molecule has 0 heterocycles. The van der Waals surface area contributed by atoms with Gasteiger partial charge in [0.05, 0.1) is 0 Å². The highest BCUT2D eigenvalue weighted by molar-refractivity contribution is 5.93. The van der Waals surface area contributed by atoms with Gasteiger partial charge in [-0.1, -0.05) is 111 Å². The molecule has 1 saturated carbocycles. The zero-order valence-corrected chi connectivity index (χ0v) is 29.8. The number of alkyl carbamates (subject to hydrolysis) is 1. The molecule has 0 saturated heterocycles. The lowest BCUT2D eigenvalue weighted by atomic mass is 9.84. The summed E-state index contributed by atoms with van der Waals surface area (Å²) in [5, 5.41) is 11.4. The number of nitrogens with zero attached hydrogens (tertiary/aromatic N) is 1. The standard InChI is InChI=1S/C40H51N7O5/c1-43-39(42)44-22-12-21-33(37(49)46-34(36(41)48)23-26-13-4-2-5-14-26)45-38(50)35(24-27-15-6-3-7-16-27)47-40(51)52-25-32-30-19-10-8-17-28(30)29-18-9-11-20-31(29)32/h2,4-5,8-11,13-14,17-20,27,32-35H,3,6-7,12,15-16,21-25H2,1H3,(H2,41,48)(H,45,50)(H,46,49)(H,47,51)(H3,42,43,44)/t33-,34-,35-/m0/s1. The highest BCUT2D eigenvalue weighted by Crippen LogP contribution is 2.44. The number of nitrogens with one attached hydrogen (secondary N) is 4. The van der Waals surface area contributed by atoms with E-state index in [9.17, 15) is 19.2 Å². The Hall–Kier alpha value is -5.39. The molecule has 3 aromatic rings. The largest absolute Gasteiger partial charge is 0.449 e. The number of amides is 4. The van der Waals surface area contributed by atoms with E-state index in [-0.39, 0.29) is 37.2 Å². The molecule has 0 aliphatic heterocycles. The number of fused-ring (bicyclic) bond motifs is 3. The third kappa shape index (κ3) is 10.3. The van der Waals surface area contributed by atoms with Gasteiger partial charge in [-0.2, -0.15) is 0 Å². The van der Waals surface area contributed by atoms with Gasteiger partial charge in [0.25, 0.3) is 0 Å². The number of benzene rings is 3. The van der Waals surface area contributed by atoms with Crippen LogP contribution in [0.1, 0.15) is 74.0 Å². The molecule has 0 spiro atoms. The number of carbonyl (C=O) groups excluding carboxylic acids is 4. The first-order valence-electron chi connectivity index (χ1n) is 18.2. The van der Waals surface area contributed by atoms with Crippen molar-refractivity contribution in [3.8, 4) is 11.1 Å². The van der Waals surface area contributed by atoms with E-state index < -0.39 is 41.9 Å². The van der Waals surface area contributed by atoms with Crippen LogP contribution < -0.4 is 32.7 Å². The molecule has 5 rings (SSSR count). The van der Waals surface area contributed by atoms with Crippen LogP contribution in [-0.2, 0) is 25.5 Å². The Morgan fingerprint density at radius 1 is 0.769 bits per heavy atom. The lowest BCUT2D eigenvalue weighted by molar-refractivity contribution is -0.132. The average Bonchev–Trinajstić information content (AvgIpc) is 3.48. The summed E-state index contributed by atoms with van der Waals surface area (Å²) in [7, 11) is 1.56. The summed E-state index contributed by atoms with van der Waals surface area (Å²) in [6.07, 6.45) is 5.73. The van der Waals surface area contributed by atoms with Crippen LogP contribution in [0.3, 0.4) is 0 Å². The second kappa shape index (κ2) is 18.7. The van der Waals surface area contributed by atoms with Crippen molar-refractivity contribution >= 4 is 29.8 Å². The predicted octanol–water partition coefficient (Wildman–Crippen LogP) is 3.88. The van der Waals surface area contributed by atoms with Crippen molar-refractivity contribution in [1.82, 2.24) is 21.3 Å². The predicted molar refractivity (Wildman–Crippen MR) is 201 cm³/mol. The Morgan fingerprint density at radius 2 is 1.37 bits per heavy atom. The zero-order valence-electron chi connectivity index (χ0n) is 29.8. The molecule has 3 atom stereocenters. The van der Waals surface area contributed by atoms with Crippen LogP contribution in [0.4, 0.5) is 4.79 Å². The number of nitrogens with two attached hydrogens (primary N) is 2. The highest BCUT2D eigenvalue weighted by atomic mass is 16.5. The van der Waals surface area contributed by atoms with Crippen molar-refractivity contribution in [2.24, 2.45) is 22.4 Å². The highest BCUT2D eigenvalue weighted by Gasteiger charge is 2.33. The lowest BCUT2D eigenvalue weighted by Crippen LogP contribution is -2.57. The number of rotatable bonds is 16. The summed E-state index contributed by atoms with van der Waals surface area (Å²) in [6, 6.07) is 22.5. The molecule has 0 aromatic heterocycles. The van der Waals surface area contributed by atoms with Crippen LogP contribution in [-0.4, -0.2) is 68.1 Å². The van der Waals surface area contributed by atoms with Gasteiger partial charge in [-0.25, -0.2) is 4.79 Å². The molecule has 52 heavy (non-hydrogen) atoms. The SMILES string of the molecule is CN=C(N)NCCC[C@H](NC(=O)[C@H](CC1CCCCC1)NC(=O)OCC1c2ccccc2-c2ccccc21)C(=O)N[C@@H](Cc1ccccc1)C(N)=O. The Labute approximate surface area is 305 Å². The van der Waals surface area contributed by atoms with Crippen molar-refractivity contribution < 1.29 is 23.9 Å². The van der Waals surface area contributed by atoms with Crippen LogP contribution in [0.5, 0.6) is 0 Å². The molecule has 0 bridgehead atoms. The van der Waals surface area contributed by atoms with Crippen LogP contribution >= 0.6 is 0 Å². The first kappa shape index (κ1) is 37.9. The van der Waals surface area contributed by atoms with E-state index >= 15 is 0 Å². The molecule has 2 aliphatic carbocycles. The van der Waals surface area contributed by atoms with Crippen molar-refractivity contribution in [3.05, 3.63) is 95.6 Å². The van der Waals surface area contributed by atoms with Crippen LogP contribution in [0, 0.1) is 5.92 Å². The van der Waals surface area contributed by atoms with E-state index in [1.165, 1.54) is 0 Å². The molecule has 12 heteroatoms. The number of aliphatic imine (C=N–C) groups is 1. The van der Waals surface area contributed by atoms with Crippen LogP contribution in [0.25, 0.3) is 11.1 Å². The number of ether oxygens (including phenoxy) is 1. The molecule has 2 aliphatic rings. The maximum absolute atomic E-state index is 14.0. The van der Waals surface area contributed by atoms with Gasteiger partial charge in [-0.3, -0.25) is 19.4 Å². The van der Waals surface area contributed by atoms with E-state index in [0.717, 1.165) is 59.9 Å². The van der Waals surface area contributed by atoms with E-state index in [4.69, 9.17) is 16.2 Å². The molecule has 12 nitrogen and oxygen atoms in total. The summed E-state index contributed by atoms with van der Waals surface area (Å²) in [5.41, 5.74) is 16.7. The first-order chi connectivity index (χ1) is 25.2. The maximum atomic E-state index is 14.0. The third-order valence-corrected chi connectivity index (χ3v) is 10.0. The number of hydrogen-bond donors (Lipinski definition) is 6. The van der Waals surface area contributed by atoms with Crippen LogP contribution in [0.2, 0.25) is 0 Å². The van der Waals surface area contributed by atoms with E-state index in [1.54, 1.807) is 7.05 Å². The summed E-state index contributed by atoms with van der Waals surface area (Å²) >= 11 is 0. The van der Waals surface area contributed by atoms with Gasteiger partial charge in [0.1, 0.15) is 24.7 Å². The first-order valence-corrected chi connectivity index (χ1v) is 18.2. The normalized spacial score (nSPS) is 16.1. The van der Waals surface area contributed by atoms with Gasteiger partial charge in [-0.15, -0.1) is 0 Å². The number of primary amides is 1. The maximum Gasteiger partial charge on any atom is 0.407 e. The fourth-order valence-corrected chi connectivity index (χ4v) is 7.26. The Kier molecular flexibility index (Phi) is 13.6. The summed E-state index contributed by atoms with van der Waals surface area (Å²) in [5.74, 6) is -1.39. The quantitative estimate of drug-likeness (QED) is 0.0739. The molecule has 0 unspecified atom stereocenters. The zero-order chi connectivity index (χ0) is 36.9. The minimum absolute atomic E-state index is 0.107. The number of carbonyl (C=O) groups is 4. The lowest BCUT2D eigenvalue weighted by Gasteiger charge is -2.28. The monoisotopic (exact) mass is 709 g/mol. The minimum atomic E-state index is -1.02. The van der Waals surface area contributed by atoms with Gasteiger partial charge < -0.3 is 37.5 Å². The topological polar surface area (TPSA) is 190 Å². The molecule has 3 aromatic carbocycles. The third-order valence-electron chi connectivity index (χ3n) is 10.0. The second-order valence-electron chi connectivity index (χ2n) is 13.7. The molecular formula is C40H51N7O5. The number of guanidine groups is 1. The summed E-state index contributed by atoms with van der Waals surface area (Å²) in [6.45, 7) is 0.505. The Balaban J connectivity index is 1.28. The Morgan fingerprint density at radius 3 is 2.00 bits per heavy atom. The van der Waals surface area contributed by atoms with Crippen molar-refractivity contribution in [2.75, 3.05) is 20.2 Å². The average molecular weight is 710 g/mol. The molecule has 276 valence electrons. The smallest absolute Gasteiger partial charge is 0.407 e. The van der Waals surface area contributed by atoms with Crippen molar-refractivity contribution in [3.63, 3.8) is 0 Å².